The van der Waals surface area contributed by atoms with Crippen molar-refractivity contribution in [3.05, 3.63) is 53.5 Å². The van der Waals surface area contributed by atoms with Crippen molar-refractivity contribution in [2.75, 3.05) is 22.9 Å². The van der Waals surface area contributed by atoms with Gasteiger partial charge in [0, 0.05) is 19.2 Å². The summed E-state index contributed by atoms with van der Waals surface area (Å²) in [4.78, 5) is 28.5. The number of carbonyl (C=O) groups excluding carboxylic acids is 2. The fraction of sp³-hybridized carbons (Fsp3) is 0.286. The molecule has 2 aromatic rings. The van der Waals surface area contributed by atoms with Crippen LogP contribution in [0.1, 0.15) is 31.4 Å². The lowest BCUT2D eigenvalue weighted by atomic mass is 10.1. The Kier molecular flexibility index (Phi) is 5.44. The topological polar surface area (TPSA) is 65.8 Å². The van der Waals surface area contributed by atoms with Crippen molar-refractivity contribution >= 4 is 46.8 Å². The minimum Gasteiger partial charge on any atom is -0.441 e. The van der Waals surface area contributed by atoms with Gasteiger partial charge in [0.05, 0.1) is 5.69 Å². The number of halogens is 1. The number of anilines is 2. The van der Waals surface area contributed by atoms with Crippen LogP contribution in [0, 0.1) is 5.82 Å². The number of benzene rings is 1. The van der Waals surface area contributed by atoms with Crippen molar-refractivity contribution in [3.63, 3.8) is 0 Å². The third kappa shape index (κ3) is 3.93. The van der Waals surface area contributed by atoms with Crippen LogP contribution in [0.3, 0.4) is 0 Å². The average molecular weight is 413 g/mol. The molecule has 1 aromatic carbocycles. The van der Waals surface area contributed by atoms with Gasteiger partial charge in [-0.1, -0.05) is 25.0 Å². The smallest absolute Gasteiger partial charge is 0.270 e. The first-order valence-electron chi connectivity index (χ1n) is 9.55. The van der Waals surface area contributed by atoms with Crippen LogP contribution in [0.15, 0.2) is 46.4 Å². The van der Waals surface area contributed by atoms with Crippen LogP contribution in [-0.4, -0.2) is 30.0 Å². The standard InChI is InChI=1S/C21H20FN3O3S/c22-16-7-3-4-8-17(16)25-20(27)15(19(26)23-21(25)29)13-14-9-10-18(28-14)24-11-5-1-2-6-12-24/h3-4,7-10,13H,1-2,5-6,11-12H2,(H,23,26,29). The summed E-state index contributed by atoms with van der Waals surface area (Å²) < 4.78 is 20.1. The molecule has 0 aliphatic carbocycles. The highest BCUT2D eigenvalue weighted by atomic mass is 32.1. The normalized spacial score (nSPS) is 19.5. The predicted octanol–water partition coefficient (Wildman–Crippen LogP) is 3.63. The van der Waals surface area contributed by atoms with E-state index >= 15 is 0 Å². The summed E-state index contributed by atoms with van der Waals surface area (Å²) in [7, 11) is 0. The summed E-state index contributed by atoms with van der Waals surface area (Å²) in [5, 5.41) is 2.28. The molecule has 0 spiro atoms. The molecule has 0 saturated carbocycles. The Morgan fingerprint density at radius 3 is 2.48 bits per heavy atom. The summed E-state index contributed by atoms with van der Waals surface area (Å²) in [5.74, 6) is -0.857. The summed E-state index contributed by atoms with van der Waals surface area (Å²) in [6.07, 6.45) is 5.98. The van der Waals surface area contributed by atoms with Crippen LogP contribution in [0.4, 0.5) is 16.0 Å². The predicted molar refractivity (Wildman–Crippen MR) is 112 cm³/mol. The molecule has 2 saturated heterocycles. The van der Waals surface area contributed by atoms with Gasteiger partial charge in [-0.25, -0.2) is 9.29 Å². The van der Waals surface area contributed by atoms with Gasteiger partial charge in [0.25, 0.3) is 11.8 Å². The van der Waals surface area contributed by atoms with Gasteiger partial charge >= 0.3 is 0 Å². The Bertz CT molecular complexity index is 993. The van der Waals surface area contributed by atoms with Crippen LogP contribution in [-0.2, 0) is 9.59 Å². The molecule has 2 aliphatic heterocycles. The van der Waals surface area contributed by atoms with E-state index in [9.17, 15) is 14.0 Å². The maximum Gasteiger partial charge on any atom is 0.270 e. The second-order valence-corrected chi connectivity index (χ2v) is 7.37. The Morgan fingerprint density at radius 2 is 1.76 bits per heavy atom. The number of nitrogens with one attached hydrogen (secondary N) is 1. The zero-order chi connectivity index (χ0) is 20.4. The molecular formula is C21H20FN3O3S. The van der Waals surface area contributed by atoms with Crippen molar-refractivity contribution < 1.29 is 18.4 Å². The second-order valence-electron chi connectivity index (χ2n) is 6.99. The van der Waals surface area contributed by atoms with Gasteiger partial charge in [0.2, 0.25) is 0 Å². The first kappa shape index (κ1) is 19.3. The molecule has 150 valence electrons. The molecule has 0 bridgehead atoms. The molecule has 8 heteroatoms. The molecule has 2 amide bonds. The van der Waals surface area contributed by atoms with Crippen LogP contribution < -0.4 is 15.1 Å². The van der Waals surface area contributed by atoms with Crippen LogP contribution in [0.25, 0.3) is 6.08 Å². The molecule has 1 aromatic heterocycles. The van der Waals surface area contributed by atoms with E-state index in [1.54, 1.807) is 12.1 Å². The average Bonchev–Trinajstić information content (AvgIpc) is 2.99. The number of thiocarbonyl (C=S) groups is 1. The zero-order valence-electron chi connectivity index (χ0n) is 15.7. The summed E-state index contributed by atoms with van der Waals surface area (Å²) in [5.41, 5.74) is -0.184. The summed E-state index contributed by atoms with van der Waals surface area (Å²) >= 11 is 5.09. The molecule has 4 rings (SSSR count). The SMILES string of the molecule is O=C1NC(=S)N(c2ccccc2F)C(=O)C1=Cc1ccc(N2CCCCCC2)o1. The van der Waals surface area contributed by atoms with Crippen molar-refractivity contribution in [2.24, 2.45) is 0 Å². The molecule has 6 nitrogen and oxygen atoms in total. The van der Waals surface area contributed by atoms with E-state index in [0.29, 0.717) is 11.6 Å². The third-order valence-electron chi connectivity index (χ3n) is 5.01. The molecule has 0 unspecified atom stereocenters. The summed E-state index contributed by atoms with van der Waals surface area (Å²) in [6, 6.07) is 9.31. The highest BCUT2D eigenvalue weighted by Gasteiger charge is 2.36. The summed E-state index contributed by atoms with van der Waals surface area (Å²) in [6.45, 7) is 1.83. The van der Waals surface area contributed by atoms with Crippen LogP contribution in [0.2, 0.25) is 0 Å². The largest absolute Gasteiger partial charge is 0.441 e. The van der Waals surface area contributed by atoms with Gasteiger partial charge < -0.3 is 9.32 Å². The third-order valence-corrected chi connectivity index (χ3v) is 5.30. The molecule has 29 heavy (non-hydrogen) atoms. The number of carbonyl (C=O) groups is 2. The van der Waals surface area contributed by atoms with E-state index in [0.717, 1.165) is 30.8 Å². The van der Waals surface area contributed by atoms with Gasteiger partial charge in [0.15, 0.2) is 11.0 Å². The van der Waals surface area contributed by atoms with Gasteiger partial charge in [0.1, 0.15) is 17.2 Å². The van der Waals surface area contributed by atoms with E-state index in [4.69, 9.17) is 16.6 Å². The lowest BCUT2D eigenvalue weighted by Gasteiger charge is -2.28. The first-order chi connectivity index (χ1) is 14.0. The van der Waals surface area contributed by atoms with Crippen LogP contribution >= 0.6 is 12.2 Å². The number of amides is 2. The van der Waals surface area contributed by atoms with E-state index in [1.165, 1.54) is 37.1 Å². The molecular weight excluding hydrogens is 393 g/mol. The van der Waals surface area contributed by atoms with Gasteiger partial charge in [-0.3, -0.25) is 14.9 Å². The Labute approximate surface area is 173 Å². The molecule has 2 fully saturated rings. The van der Waals surface area contributed by atoms with Crippen molar-refractivity contribution in [3.8, 4) is 0 Å². The molecule has 0 atom stereocenters. The fourth-order valence-corrected chi connectivity index (χ4v) is 3.81. The highest BCUT2D eigenvalue weighted by Crippen LogP contribution is 2.27. The maximum absolute atomic E-state index is 14.2. The number of para-hydroxylation sites is 1. The molecule has 0 radical (unpaired) electrons. The second kappa shape index (κ2) is 8.16. The van der Waals surface area contributed by atoms with Crippen LogP contribution in [0.5, 0.6) is 0 Å². The minimum absolute atomic E-state index is 0.0156. The zero-order valence-corrected chi connectivity index (χ0v) is 16.5. The lowest BCUT2D eigenvalue weighted by Crippen LogP contribution is -2.54. The quantitative estimate of drug-likeness (QED) is 0.473. The number of rotatable bonds is 3. The number of nitrogens with zero attached hydrogens (tertiary/aromatic N) is 2. The van der Waals surface area contributed by atoms with Gasteiger partial charge in [-0.2, -0.15) is 0 Å². The van der Waals surface area contributed by atoms with Crippen molar-refractivity contribution in [1.82, 2.24) is 5.32 Å². The number of hydrogen-bond donors (Lipinski definition) is 1. The maximum atomic E-state index is 14.2. The van der Waals surface area contributed by atoms with E-state index in [2.05, 4.69) is 10.2 Å². The molecule has 1 N–H and O–H groups in total. The fourth-order valence-electron chi connectivity index (χ4n) is 3.53. The van der Waals surface area contributed by atoms with E-state index in [1.807, 2.05) is 6.07 Å². The van der Waals surface area contributed by atoms with E-state index in [-0.39, 0.29) is 16.4 Å². The number of furan rings is 1. The minimum atomic E-state index is -0.698. The Hall–Kier alpha value is -3.00. The monoisotopic (exact) mass is 413 g/mol. The Morgan fingerprint density at radius 1 is 1.03 bits per heavy atom. The van der Waals surface area contributed by atoms with Gasteiger partial charge in [-0.15, -0.1) is 0 Å². The Balaban J connectivity index is 1.62. The lowest BCUT2D eigenvalue weighted by molar-refractivity contribution is -0.122. The van der Waals surface area contributed by atoms with Crippen molar-refractivity contribution in [2.45, 2.75) is 25.7 Å². The molecule has 3 heterocycles. The van der Waals surface area contributed by atoms with Gasteiger partial charge in [-0.05, 0) is 49.3 Å². The number of hydrogen-bond acceptors (Lipinski definition) is 5. The van der Waals surface area contributed by atoms with E-state index < -0.39 is 17.6 Å². The first-order valence-corrected chi connectivity index (χ1v) is 9.96. The van der Waals surface area contributed by atoms with Crippen molar-refractivity contribution in [1.29, 1.82) is 0 Å². The highest BCUT2D eigenvalue weighted by molar-refractivity contribution is 7.80. The molecule has 2 aliphatic rings.